The molecule has 2 fully saturated rings. The number of aliphatic hydroxyl groups is 1. The molecule has 2 aliphatic heterocycles. The van der Waals surface area contributed by atoms with Crippen molar-refractivity contribution in [3.63, 3.8) is 0 Å². The van der Waals surface area contributed by atoms with E-state index in [4.69, 9.17) is 13.9 Å². The number of rotatable bonds is 11. The quantitative estimate of drug-likeness (QED) is 0.0904. The van der Waals surface area contributed by atoms with Crippen LogP contribution in [0.5, 0.6) is 0 Å². The summed E-state index contributed by atoms with van der Waals surface area (Å²) < 4.78 is 67.1. The number of carbonyl (C=O) groups excluding carboxylic acids is 1. The van der Waals surface area contributed by atoms with Gasteiger partial charge >= 0.3 is 13.5 Å². The van der Waals surface area contributed by atoms with Gasteiger partial charge in [-0.25, -0.2) is 0 Å². The maximum Gasteiger partial charge on any atom is 0.351 e. The zero-order chi connectivity index (χ0) is 39.6. The van der Waals surface area contributed by atoms with Crippen molar-refractivity contribution in [1.82, 2.24) is 0 Å². The van der Waals surface area contributed by atoms with E-state index in [2.05, 4.69) is 13.2 Å². The number of ether oxygens (including phenoxy) is 1. The van der Waals surface area contributed by atoms with Crippen LogP contribution in [0.1, 0.15) is 27.2 Å². The Kier molecular flexibility index (Phi) is 19.7. The lowest BCUT2D eigenvalue weighted by molar-refractivity contribution is -0.142. The van der Waals surface area contributed by atoms with Crippen LogP contribution in [0.3, 0.4) is 0 Å². The maximum atomic E-state index is 14.3. The van der Waals surface area contributed by atoms with Crippen LogP contribution in [0.15, 0.2) is 145 Å². The molecule has 1 N–H and O–H groups in total. The predicted octanol–water partition coefficient (Wildman–Crippen LogP) is 10.9. The molecule has 0 saturated carbocycles. The molecule has 15 heteroatoms. The Morgan fingerprint density at radius 1 is 0.673 bits per heavy atom. The highest BCUT2D eigenvalue weighted by atomic mass is 31.2. The summed E-state index contributed by atoms with van der Waals surface area (Å²) in [5.41, 5.74) is 3.57. The summed E-state index contributed by atoms with van der Waals surface area (Å²) in [7, 11) is -5.76. The maximum absolute atomic E-state index is 14.3. The van der Waals surface area contributed by atoms with Gasteiger partial charge in [-0.05, 0) is 55.5 Å². The van der Waals surface area contributed by atoms with E-state index >= 15 is 0 Å². The van der Waals surface area contributed by atoms with Crippen molar-refractivity contribution in [1.29, 1.82) is 0 Å². The van der Waals surface area contributed by atoms with Crippen LogP contribution in [0.4, 0.5) is 36.2 Å². The Morgan fingerprint density at radius 3 is 1.20 bits per heavy atom. The molecule has 9 nitrogen and oxygen atoms in total. The van der Waals surface area contributed by atoms with Crippen LogP contribution in [0.2, 0.25) is 6.82 Å². The predicted molar refractivity (Wildman–Crippen MR) is 223 cm³/mol. The monoisotopic (exact) mass is 797 g/mol. The Hall–Kier alpha value is -4.70. The molecule has 2 heterocycles. The molecule has 2 saturated heterocycles. The zero-order valence-corrected chi connectivity index (χ0v) is 32.4. The largest absolute Gasteiger partial charge is 0.466 e. The SMILES string of the molecule is C.C=C(CC(=O)OCC)P1(=O)N(c2ccccc2)CCN1c1ccccc1.C=C(CCO)P1(=O)N(c2ccccc2)CCN1c1ccccc1.C[B]F.FF. The number of hydrogen-bond donors (Lipinski definition) is 1. The van der Waals surface area contributed by atoms with Gasteiger partial charge in [-0.2, -0.15) is 0 Å². The molecule has 0 unspecified atom stereocenters. The first-order valence-electron chi connectivity index (χ1n) is 17.3. The van der Waals surface area contributed by atoms with E-state index in [1.165, 1.54) is 6.82 Å². The fraction of sp³-hybridized carbons (Fsp3) is 0.275. The van der Waals surface area contributed by atoms with Gasteiger partial charge in [0.15, 0.2) is 0 Å². The average molecular weight is 798 g/mol. The Morgan fingerprint density at radius 2 is 0.945 bits per heavy atom. The number of aliphatic hydroxyl groups excluding tert-OH is 1. The van der Waals surface area contributed by atoms with Gasteiger partial charge in [-0.1, -0.05) is 100 Å². The Bertz CT molecular complexity index is 1750. The lowest BCUT2D eigenvalue weighted by Gasteiger charge is -2.33. The first-order chi connectivity index (χ1) is 26.2. The molecule has 295 valence electrons. The second-order valence-corrected chi connectivity index (χ2v) is 17.1. The third kappa shape index (κ3) is 11.2. The third-order valence-corrected chi connectivity index (χ3v) is 14.8. The lowest BCUT2D eigenvalue weighted by Crippen LogP contribution is -2.21. The van der Waals surface area contributed by atoms with Crippen molar-refractivity contribution in [2.45, 2.75) is 34.0 Å². The number of nitrogens with zero attached hydrogens (tertiary/aromatic N) is 4. The molecule has 0 bridgehead atoms. The van der Waals surface area contributed by atoms with Gasteiger partial charge in [0.05, 0.1) is 13.0 Å². The van der Waals surface area contributed by atoms with Crippen LogP contribution in [0, 0.1) is 0 Å². The molecule has 1 radical (unpaired) electrons. The summed E-state index contributed by atoms with van der Waals surface area (Å²) >= 11 is 0. The molecule has 4 aromatic rings. The smallest absolute Gasteiger partial charge is 0.351 e. The first-order valence-corrected chi connectivity index (χ1v) is 20.6. The number of para-hydroxylation sites is 4. The summed E-state index contributed by atoms with van der Waals surface area (Å²) in [6.45, 7) is 13.9. The van der Waals surface area contributed by atoms with E-state index in [-0.39, 0.29) is 20.5 Å². The van der Waals surface area contributed by atoms with E-state index in [0.717, 1.165) is 22.7 Å². The number of hydrogen-bond acceptors (Lipinski definition) is 5. The topological polar surface area (TPSA) is 93.6 Å². The van der Waals surface area contributed by atoms with Crippen LogP contribution in [-0.2, 0) is 18.7 Å². The standard InChI is InChI=1S/C20H23N2O3P.C18H21N2O2P.CH3BF.CH4.F2/c1-3-25-20(23)16-17(2)26(24)21(18-10-6-4-7-11-18)14-15-22(26)19-12-8-5-9-13-19;1-16(12-15-21)23(22)19(17-8-4-2-5-9-17)13-14-20(23)18-10-6-3-7-11-18;1-2-3;;1-2/h4-13H,2-3,14-16H2,1H3;2-11,21H,1,12-15H2;1H3;1H4;. The molecule has 6 rings (SSSR count). The van der Waals surface area contributed by atoms with Crippen LogP contribution < -0.4 is 18.7 Å². The zero-order valence-electron chi connectivity index (χ0n) is 30.6. The highest BCUT2D eigenvalue weighted by molar-refractivity contribution is 7.72. The average Bonchev–Trinajstić information content (AvgIpc) is 3.76. The molecule has 55 heavy (non-hydrogen) atoms. The number of benzene rings is 4. The normalized spacial score (nSPS) is 14.7. The molecule has 0 amide bonds. The Labute approximate surface area is 324 Å². The molecular formula is C40H51BF3N4O5P2. The van der Waals surface area contributed by atoms with E-state index in [0.29, 0.717) is 57.4 Å². The highest BCUT2D eigenvalue weighted by Crippen LogP contribution is 2.67. The molecular weight excluding hydrogens is 746 g/mol. The van der Waals surface area contributed by atoms with Crippen molar-refractivity contribution in [2.24, 2.45) is 0 Å². The van der Waals surface area contributed by atoms with Crippen molar-refractivity contribution in [3.05, 3.63) is 145 Å². The highest BCUT2D eigenvalue weighted by Gasteiger charge is 2.47. The van der Waals surface area contributed by atoms with Gasteiger partial charge in [-0.3, -0.25) is 13.9 Å². The van der Waals surface area contributed by atoms with Gasteiger partial charge < -0.3 is 32.8 Å². The van der Waals surface area contributed by atoms with Gasteiger partial charge in [0.2, 0.25) is 0 Å². The van der Waals surface area contributed by atoms with Crippen molar-refractivity contribution in [2.75, 3.05) is 58.1 Å². The van der Waals surface area contributed by atoms with Crippen molar-refractivity contribution in [3.8, 4) is 0 Å². The minimum absolute atomic E-state index is 0. The molecule has 0 aromatic heterocycles. The number of halogens is 3. The minimum Gasteiger partial charge on any atom is -0.466 e. The van der Waals surface area contributed by atoms with Crippen molar-refractivity contribution >= 4 is 51.2 Å². The summed E-state index contributed by atoms with van der Waals surface area (Å²) in [5.74, 6) is -0.402. The molecule has 0 spiro atoms. The molecule has 0 aliphatic carbocycles. The van der Waals surface area contributed by atoms with Crippen LogP contribution in [-0.4, -0.2) is 58.0 Å². The summed E-state index contributed by atoms with van der Waals surface area (Å²) in [5, 5.41) is 10.3. The minimum atomic E-state index is -3.23. The first kappa shape index (κ1) is 46.5. The third-order valence-electron chi connectivity index (χ3n) is 8.45. The van der Waals surface area contributed by atoms with Gasteiger partial charge in [0.1, 0.15) is 0 Å². The number of carbonyl (C=O) groups is 1. The molecule has 4 aromatic carbocycles. The molecule has 2 aliphatic rings. The second kappa shape index (κ2) is 23.3. The van der Waals surface area contributed by atoms with E-state index in [1.54, 1.807) is 6.92 Å². The summed E-state index contributed by atoms with van der Waals surface area (Å²) in [4.78, 5) is 12.0. The van der Waals surface area contributed by atoms with Gasteiger partial charge in [-0.15, -0.1) is 0 Å². The van der Waals surface area contributed by atoms with E-state index < -0.39 is 20.9 Å². The molecule has 0 atom stereocenters. The fourth-order valence-corrected chi connectivity index (χ4v) is 12.0. The number of esters is 1. The summed E-state index contributed by atoms with van der Waals surface area (Å²) in [6, 6.07) is 38.8. The summed E-state index contributed by atoms with van der Waals surface area (Å²) in [6.07, 6.45) is 0.279. The van der Waals surface area contributed by atoms with Crippen LogP contribution in [0.25, 0.3) is 0 Å². The lowest BCUT2D eigenvalue weighted by atomic mass is 10.2. The Balaban J connectivity index is 0.000000337. The second-order valence-electron chi connectivity index (χ2n) is 11.7. The van der Waals surface area contributed by atoms with Crippen molar-refractivity contribution < 1.29 is 37.2 Å². The van der Waals surface area contributed by atoms with Gasteiger partial charge in [0.25, 0.3) is 14.9 Å². The number of anilines is 4. The van der Waals surface area contributed by atoms with Crippen LogP contribution >= 0.6 is 14.9 Å². The van der Waals surface area contributed by atoms with E-state index in [1.807, 2.05) is 140 Å². The van der Waals surface area contributed by atoms with Gasteiger partial charge in [0, 0.05) is 81.7 Å². The van der Waals surface area contributed by atoms with E-state index in [9.17, 15) is 23.3 Å². The fourth-order valence-electron chi connectivity index (χ4n) is 6.16.